The number of esters is 2. The lowest BCUT2D eigenvalue weighted by atomic mass is 10.1. The van der Waals surface area contributed by atoms with E-state index in [0.717, 1.165) is 12.2 Å². The minimum absolute atomic E-state index is 0.0191. The first-order valence-electron chi connectivity index (χ1n) is 8.28. The topological polar surface area (TPSA) is 129 Å². The van der Waals surface area contributed by atoms with Gasteiger partial charge in [0.05, 0.1) is 26.3 Å². The van der Waals surface area contributed by atoms with E-state index in [9.17, 15) is 19.2 Å². The largest absolute Gasteiger partial charge is 0.461 e. The molecule has 0 saturated carbocycles. The summed E-state index contributed by atoms with van der Waals surface area (Å²) in [6, 6.07) is 0. The van der Waals surface area contributed by atoms with E-state index < -0.39 is 24.1 Å². The summed E-state index contributed by atoms with van der Waals surface area (Å²) < 4.78 is 19.3. The summed E-state index contributed by atoms with van der Waals surface area (Å²) >= 11 is 0. The van der Waals surface area contributed by atoms with Crippen molar-refractivity contribution in [2.24, 2.45) is 5.92 Å². The Bertz CT molecular complexity index is 521. The molecule has 1 atom stereocenters. The molecule has 10 nitrogen and oxygen atoms in total. The second-order valence-electron chi connectivity index (χ2n) is 5.23. The Morgan fingerprint density at radius 1 is 0.815 bits per heavy atom. The fraction of sp³-hybridized carbons (Fsp3) is 0.529. The van der Waals surface area contributed by atoms with Crippen LogP contribution in [-0.4, -0.2) is 63.6 Å². The zero-order valence-electron chi connectivity index (χ0n) is 15.4. The number of carbonyl (C=O) groups excluding carboxylic acids is 4. The summed E-state index contributed by atoms with van der Waals surface area (Å²) in [4.78, 5) is 44.4. The first kappa shape index (κ1) is 24.0. The number of carbonyl (C=O) groups is 4. The van der Waals surface area contributed by atoms with Gasteiger partial charge in [0.25, 0.3) is 0 Å². The first-order chi connectivity index (χ1) is 12.9. The monoisotopic (exact) mass is 386 g/mol. The van der Waals surface area contributed by atoms with Crippen molar-refractivity contribution < 1.29 is 38.1 Å². The third-order valence-corrected chi connectivity index (χ3v) is 2.91. The number of hydrogen-bond donors (Lipinski definition) is 2. The number of amides is 2. The summed E-state index contributed by atoms with van der Waals surface area (Å²) in [5, 5.41) is 4.84. The number of nitrogens with one attached hydrogen (secondary N) is 2. The Balaban J connectivity index is 3.62. The summed E-state index contributed by atoms with van der Waals surface area (Å²) in [6.07, 6.45) is 1.27. The van der Waals surface area contributed by atoms with Crippen LogP contribution in [0, 0.1) is 5.92 Å². The van der Waals surface area contributed by atoms with Crippen molar-refractivity contribution >= 4 is 24.1 Å². The predicted molar refractivity (Wildman–Crippen MR) is 94.8 cm³/mol. The van der Waals surface area contributed by atoms with E-state index in [1.54, 1.807) is 0 Å². The van der Waals surface area contributed by atoms with Crippen molar-refractivity contribution in [3.63, 3.8) is 0 Å². The quantitative estimate of drug-likeness (QED) is 0.207. The zero-order valence-corrected chi connectivity index (χ0v) is 15.4. The molecule has 0 heterocycles. The highest BCUT2D eigenvalue weighted by molar-refractivity contribution is 5.81. The average molecular weight is 386 g/mol. The molecule has 2 N–H and O–H groups in total. The standard InChI is InChI=1S/C17H26N2O8/c1-4-14(20)24-10-7-18-16(22)26-9-6-13(3)12-27-17(23)19-8-11-25-15(21)5-2/h4-5,13H,1-2,6-12H2,3H3,(H,18,22)(H,19,23). The van der Waals surface area contributed by atoms with Crippen molar-refractivity contribution in [3.8, 4) is 0 Å². The first-order valence-corrected chi connectivity index (χ1v) is 8.28. The smallest absolute Gasteiger partial charge is 0.407 e. The maximum Gasteiger partial charge on any atom is 0.407 e. The second kappa shape index (κ2) is 15.2. The van der Waals surface area contributed by atoms with Crippen LogP contribution >= 0.6 is 0 Å². The van der Waals surface area contributed by atoms with E-state index in [1.165, 1.54) is 0 Å². The molecule has 0 rings (SSSR count). The molecule has 0 aromatic rings. The molecule has 10 heteroatoms. The molecule has 0 fully saturated rings. The van der Waals surface area contributed by atoms with E-state index >= 15 is 0 Å². The molecule has 2 amide bonds. The molecule has 1 unspecified atom stereocenters. The molecule has 0 bridgehead atoms. The van der Waals surface area contributed by atoms with Crippen LogP contribution in [0.15, 0.2) is 25.3 Å². The van der Waals surface area contributed by atoms with Crippen LogP contribution in [-0.2, 0) is 28.5 Å². The minimum atomic E-state index is -0.635. The van der Waals surface area contributed by atoms with Gasteiger partial charge in [-0.05, 0) is 12.3 Å². The molecule has 0 spiro atoms. The Morgan fingerprint density at radius 3 is 1.78 bits per heavy atom. The van der Waals surface area contributed by atoms with Crippen LogP contribution in [0.25, 0.3) is 0 Å². The van der Waals surface area contributed by atoms with Crippen LogP contribution in [0.5, 0.6) is 0 Å². The Kier molecular flexibility index (Phi) is 13.5. The minimum Gasteiger partial charge on any atom is -0.461 e. The molecule has 0 aliphatic rings. The lowest BCUT2D eigenvalue weighted by Gasteiger charge is -2.13. The number of hydrogen-bond acceptors (Lipinski definition) is 8. The van der Waals surface area contributed by atoms with E-state index in [1.807, 2.05) is 6.92 Å². The van der Waals surface area contributed by atoms with Crippen LogP contribution < -0.4 is 10.6 Å². The Morgan fingerprint density at radius 2 is 1.30 bits per heavy atom. The molecule has 0 saturated heterocycles. The van der Waals surface area contributed by atoms with Gasteiger partial charge in [0.1, 0.15) is 13.2 Å². The van der Waals surface area contributed by atoms with E-state index in [4.69, 9.17) is 9.47 Å². The normalized spacial score (nSPS) is 10.7. The van der Waals surface area contributed by atoms with Crippen LogP contribution in [0.4, 0.5) is 9.59 Å². The number of rotatable bonds is 13. The van der Waals surface area contributed by atoms with Gasteiger partial charge in [-0.2, -0.15) is 0 Å². The highest BCUT2D eigenvalue weighted by atomic mass is 16.6. The number of ether oxygens (including phenoxy) is 4. The lowest BCUT2D eigenvalue weighted by molar-refractivity contribution is -0.138. The molecule has 0 aliphatic carbocycles. The zero-order chi connectivity index (χ0) is 20.5. The Labute approximate surface area is 157 Å². The van der Waals surface area contributed by atoms with Crippen molar-refractivity contribution in [1.29, 1.82) is 0 Å². The highest BCUT2D eigenvalue weighted by Crippen LogP contribution is 2.03. The third-order valence-electron chi connectivity index (χ3n) is 2.91. The molecule has 152 valence electrons. The van der Waals surface area contributed by atoms with Crippen molar-refractivity contribution in [2.75, 3.05) is 39.5 Å². The lowest BCUT2D eigenvalue weighted by Crippen LogP contribution is -2.30. The third kappa shape index (κ3) is 15.0. The molecule has 0 aromatic heterocycles. The molecule has 0 radical (unpaired) electrons. The summed E-state index contributed by atoms with van der Waals surface area (Å²) in [7, 11) is 0. The second-order valence-corrected chi connectivity index (χ2v) is 5.23. The predicted octanol–water partition coefficient (Wildman–Crippen LogP) is 0.923. The maximum absolute atomic E-state index is 11.4. The van der Waals surface area contributed by atoms with E-state index in [0.29, 0.717) is 6.42 Å². The Hall–Kier alpha value is -3.04. The SMILES string of the molecule is C=CC(=O)OCCNC(=O)OCCC(C)COC(=O)NCCOC(=O)C=C. The van der Waals surface area contributed by atoms with Gasteiger partial charge in [-0.25, -0.2) is 19.2 Å². The van der Waals surface area contributed by atoms with Gasteiger partial charge in [0, 0.05) is 12.2 Å². The molecule has 27 heavy (non-hydrogen) atoms. The fourth-order valence-corrected chi connectivity index (χ4v) is 1.48. The molecular weight excluding hydrogens is 360 g/mol. The highest BCUT2D eigenvalue weighted by Gasteiger charge is 2.09. The van der Waals surface area contributed by atoms with Crippen LogP contribution in [0.3, 0.4) is 0 Å². The van der Waals surface area contributed by atoms with Gasteiger partial charge in [-0.1, -0.05) is 20.1 Å². The van der Waals surface area contributed by atoms with Gasteiger partial charge in [0.2, 0.25) is 0 Å². The maximum atomic E-state index is 11.4. The van der Waals surface area contributed by atoms with Gasteiger partial charge >= 0.3 is 24.1 Å². The molecule has 0 aromatic carbocycles. The van der Waals surface area contributed by atoms with Crippen molar-refractivity contribution in [2.45, 2.75) is 13.3 Å². The average Bonchev–Trinajstić information content (AvgIpc) is 2.66. The fourth-order valence-electron chi connectivity index (χ4n) is 1.48. The van der Waals surface area contributed by atoms with Gasteiger partial charge in [-0.15, -0.1) is 0 Å². The molecular formula is C17H26N2O8. The summed E-state index contributed by atoms with van der Waals surface area (Å²) in [5.41, 5.74) is 0. The van der Waals surface area contributed by atoms with Crippen molar-refractivity contribution in [1.82, 2.24) is 10.6 Å². The van der Waals surface area contributed by atoms with E-state index in [-0.39, 0.29) is 45.4 Å². The van der Waals surface area contributed by atoms with Gasteiger partial charge in [0.15, 0.2) is 0 Å². The van der Waals surface area contributed by atoms with Crippen LogP contribution in [0.2, 0.25) is 0 Å². The number of alkyl carbamates (subject to hydrolysis) is 2. The van der Waals surface area contributed by atoms with E-state index in [2.05, 4.69) is 33.3 Å². The molecule has 0 aliphatic heterocycles. The van der Waals surface area contributed by atoms with Gasteiger partial charge in [-0.3, -0.25) is 0 Å². The van der Waals surface area contributed by atoms with Crippen molar-refractivity contribution in [3.05, 3.63) is 25.3 Å². The summed E-state index contributed by atoms with van der Waals surface area (Å²) in [6.45, 7) is 8.88. The van der Waals surface area contributed by atoms with Gasteiger partial charge < -0.3 is 29.6 Å². The summed E-state index contributed by atoms with van der Waals surface area (Å²) in [5.74, 6) is -1.17. The van der Waals surface area contributed by atoms with Crippen LogP contribution in [0.1, 0.15) is 13.3 Å².